The molecule has 0 saturated heterocycles. The Hall–Kier alpha value is -2.93. The number of pyridine rings is 1. The van der Waals surface area contributed by atoms with Gasteiger partial charge in [-0.3, -0.25) is 4.79 Å². The summed E-state index contributed by atoms with van der Waals surface area (Å²) in [6.45, 7) is 0.833. The number of H-pyrrole nitrogens is 1. The van der Waals surface area contributed by atoms with Crippen LogP contribution in [0.2, 0.25) is 0 Å². The number of carbonyl (C=O) groups is 1. The van der Waals surface area contributed by atoms with E-state index in [0.717, 1.165) is 29.0 Å². The number of nitrogen functional groups attached to an aromatic ring is 1. The van der Waals surface area contributed by atoms with E-state index in [4.69, 9.17) is 5.73 Å². The molecular weight excluding hydrogens is 334 g/mol. The zero-order valence-corrected chi connectivity index (χ0v) is 14.2. The van der Waals surface area contributed by atoms with Crippen molar-refractivity contribution in [1.82, 2.24) is 9.97 Å². The van der Waals surface area contributed by atoms with E-state index in [2.05, 4.69) is 20.2 Å². The molecule has 4 N–H and O–H groups in total. The number of amides is 1. The maximum absolute atomic E-state index is 12.6. The van der Waals surface area contributed by atoms with Crippen molar-refractivity contribution in [2.75, 3.05) is 28.2 Å². The van der Waals surface area contributed by atoms with Gasteiger partial charge in [0.25, 0.3) is 5.91 Å². The first kappa shape index (κ1) is 15.6. The van der Waals surface area contributed by atoms with Crippen LogP contribution in [0.4, 0.5) is 17.1 Å². The smallest absolute Gasteiger partial charge is 0.263 e. The number of hydrogen-bond donors (Lipinski definition) is 3. The first-order valence-electron chi connectivity index (χ1n) is 7.91. The van der Waals surface area contributed by atoms with E-state index >= 15 is 0 Å². The molecule has 0 unspecified atom stereocenters. The van der Waals surface area contributed by atoms with Gasteiger partial charge >= 0.3 is 0 Å². The minimum Gasteiger partial charge on any atom is -0.397 e. The van der Waals surface area contributed by atoms with Gasteiger partial charge in [-0.05, 0) is 24.3 Å². The maximum atomic E-state index is 12.6. The molecule has 0 aliphatic carbocycles. The Kier molecular flexibility index (Phi) is 4.07. The number of hydrogen-bond acceptors (Lipinski definition) is 5. The van der Waals surface area contributed by atoms with Crippen molar-refractivity contribution in [3.63, 3.8) is 0 Å². The number of thioether (sulfide) groups is 1. The van der Waals surface area contributed by atoms with Gasteiger partial charge in [-0.1, -0.05) is 12.1 Å². The minimum atomic E-state index is -0.146. The lowest BCUT2D eigenvalue weighted by Gasteiger charge is -2.26. The molecule has 4 rings (SSSR count). The molecule has 2 aromatic heterocycles. The molecule has 3 aromatic rings. The lowest BCUT2D eigenvalue weighted by atomic mass is 10.2. The molecule has 1 aliphatic rings. The fraction of sp³-hybridized carbons (Fsp3) is 0.111. The van der Waals surface area contributed by atoms with E-state index in [0.29, 0.717) is 16.3 Å². The summed E-state index contributed by atoms with van der Waals surface area (Å²) < 4.78 is 0. The molecule has 0 radical (unpaired) electrons. The van der Waals surface area contributed by atoms with E-state index in [1.165, 1.54) is 0 Å². The standard InChI is InChI=1S/C18H17N5OS/c19-13-3-1-2-4-14(13)22-18(24)16-11-23(9-10-25-16)15-6-8-21-17-12(15)5-7-20-17/h1-8,11H,9-10,19H2,(H,20,21)(H,22,24). The molecule has 126 valence electrons. The highest BCUT2D eigenvalue weighted by Gasteiger charge is 2.20. The second-order valence-corrected chi connectivity index (χ2v) is 6.78. The van der Waals surface area contributed by atoms with E-state index in [-0.39, 0.29) is 5.91 Å². The van der Waals surface area contributed by atoms with Gasteiger partial charge in [0.1, 0.15) is 5.65 Å². The minimum absolute atomic E-state index is 0.146. The van der Waals surface area contributed by atoms with Crippen molar-refractivity contribution in [2.24, 2.45) is 0 Å². The number of para-hydroxylation sites is 2. The number of nitrogens with two attached hydrogens (primary N) is 1. The molecule has 0 atom stereocenters. The highest BCUT2D eigenvalue weighted by Crippen LogP contribution is 2.31. The number of fused-ring (bicyclic) bond motifs is 1. The average molecular weight is 351 g/mol. The zero-order chi connectivity index (χ0) is 17.2. The molecule has 0 spiro atoms. The second-order valence-electron chi connectivity index (χ2n) is 5.65. The quantitative estimate of drug-likeness (QED) is 0.631. The van der Waals surface area contributed by atoms with Crippen molar-refractivity contribution in [3.05, 3.63) is 59.9 Å². The maximum Gasteiger partial charge on any atom is 0.263 e. The number of benzene rings is 1. The predicted octanol–water partition coefficient (Wildman–Crippen LogP) is 3.18. The van der Waals surface area contributed by atoms with E-state index in [1.807, 2.05) is 36.7 Å². The van der Waals surface area contributed by atoms with Crippen LogP contribution >= 0.6 is 11.8 Å². The molecule has 1 aromatic carbocycles. The van der Waals surface area contributed by atoms with Gasteiger partial charge in [0.2, 0.25) is 0 Å². The monoisotopic (exact) mass is 351 g/mol. The van der Waals surface area contributed by atoms with Crippen LogP contribution in [0.25, 0.3) is 11.0 Å². The third-order valence-corrected chi connectivity index (χ3v) is 5.03. The number of nitrogens with one attached hydrogen (secondary N) is 2. The number of carbonyl (C=O) groups excluding carboxylic acids is 1. The Bertz CT molecular complexity index is 965. The lowest BCUT2D eigenvalue weighted by molar-refractivity contribution is -0.112. The Labute approximate surface area is 149 Å². The fourth-order valence-electron chi connectivity index (χ4n) is 2.80. The topological polar surface area (TPSA) is 87.0 Å². The summed E-state index contributed by atoms with van der Waals surface area (Å²) in [5.41, 5.74) is 8.96. The lowest BCUT2D eigenvalue weighted by Crippen LogP contribution is -2.27. The molecule has 25 heavy (non-hydrogen) atoms. The summed E-state index contributed by atoms with van der Waals surface area (Å²) in [4.78, 5) is 22.8. The van der Waals surface area contributed by atoms with E-state index in [1.54, 1.807) is 30.1 Å². The molecular formula is C18H17N5OS. The molecule has 1 amide bonds. The first-order valence-corrected chi connectivity index (χ1v) is 8.90. The van der Waals surface area contributed by atoms with Crippen molar-refractivity contribution in [3.8, 4) is 0 Å². The molecule has 0 fully saturated rings. The van der Waals surface area contributed by atoms with Crippen LogP contribution in [0, 0.1) is 0 Å². The summed E-state index contributed by atoms with van der Waals surface area (Å²) in [6.07, 6.45) is 5.54. The molecule has 6 nitrogen and oxygen atoms in total. The third kappa shape index (κ3) is 3.06. The largest absolute Gasteiger partial charge is 0.397 e. The van der Waals surface area contributed by atoms with Gasteiger partial charge in [0.15, 0.2) is 0 Å². The molecule has 0 bridgehead atoms. The van der Waals surface area contributed by atoms with Crippen molar-refractivity contribution < 1.29 is 4.79 Å². The van der Waals surface area contributed by atoms with Crippen molar-refractivity contribution in [2.45, 2.75) is 0 Å². The third-order valence-electron chi connectivity index (χ3n) is 4.04. The molecule has 7 heteroatoms. The van der Waals surface area contributed by atoms with Crippen LogP contribution in [-0.2, 0) is 4.79 Å². The van der Waals surface area contributed by atoms with Crippen LogP contribution in [0.5, 0.6) is 0 Å². The number of aromatic nitrogens is 2. The fourth-order valence-corrected chi connectivity index (χ4v) is 3.69. The van der Waals surface area contributed by atoms with Gasteiger partial charge in [-0.2, -0.15) is 0 Å². The summed E-state index contributed by atoms with van der Waals surface area (Å²) in [6, 6.07) is 11.2. The molecule has 3 heterocycles. The molecule has 0 saturated carbocycles. The van der Waals surface area contributed by atoms with Gasteiger partial charge in [-0.25, -0.2) is 4.98 Å². The number of aromatic amines is 1. The highest BCUT2D eigenvalue weighted by molar-refractivity contribution is 8.04. The Morgan fingerprint density at radius 2 is 2.16 bits per heavy atom. The van der Waals surface area contributed by atoms with E-state index in [9.17, 15) is 4.79 Å². The van der Waals surface area contributed by atoms with Crippen LogP contribution in [-0.4, -0.2) is 28.2 Å². The number of nitrogens with zero attached hydrogens (tertiary/aromatic N) is 2. The predicted molar refractivity (Wildman–Crippen MR) is 103 cm³/mol. The summed E-state index contributed by atoms with van der Waals surface area (Å²) >= 11 is 1.55. The summed E-state index contributed by atoms with van der Waals surface area (Å²) in [7, 11) is 0. The van der Waals surface area contributed by atoms with Gasteiger partial charge < -0.3 is 20.9 Å². The van der Waals surface area contributed by atoms with Crippen LogP contribution < -0.4 is 16.0 Å². The van der Waals surface area contributed by atoms with Gasteiger partial charge in [-0.15, -0.1) is 11.8 Å². The van der Waals surface area contributed by atoms with Crippen LogP contribution in [0.15, 0.2) is 59.9 Å². The normalized spacial score (nSPS) is 14.4. The second kappa shape index (κ2) is 6.52. The SMILES string of the molecule is Nc1ccccc1NC(=O)C1=CN(c2ccnc3[nH]ccc23)CCS1. The van der Waals surface area contributed by atoms with Crippen LogP contribution in [0.3, 0.4) is 0 Å². The van der Waals surface area contributed by atoms with Crippen molar-refractivity contribution >= 4 is 45.8 Å². The number of anilines is 3. The summed E-state index contributed by atoms with van der Waals surface area (Å²) in [5.74, 6) is 0.685. The Balaban J connectivity index is 1.61. The first-order chi connectivity index (χ1) is 12.2. The van der Waals surface area contributed by atoms with Crippen LogP contribution in [0.1, 0.15) is 0 Å². The number of rotatable bonds is 3. The van der Waals surface area contributed by atoms with Crippen molar-refractivity contribution in [1.29, 1.82) is 0 Å². The average Bonchev–Trinajstić information content (AvgIpc) is 3.12. The van der Waals surface area contributed by atoms with E-state index < -0.39 is 0 Å². The Morgan fingerprint density at radius 3 is 3.04 bits per heavy atom. The van der Waals surface area contributed by atoms with Gasteiger partial charge in [0.05, 0.1) is 22.0 Å². The summed E-state index contributed by atoms with van der Waals surface area (Å²) in [5, 5.41) is 3.93. The molecule has 1 aliphatic heterocycles. The van der Waals surface area contributed by atoms with Gasteiger partial charge in [0, 0.05) is 36.3 Å². The highest BCUT2D eigenvalue weighted by atomic mass is 32.2. The Morgan fingerprint density at radius 1 is 1.28 bits per heavy atom. The zero-order valence-electron chi connectivity index (χ0n) is 13.4.